The van der Waals surface area contributed by atoms with Gasteiger partial charge in [-0.15, -0.1) is 0 Å². The van der Waals surface area contributed by atoms with E-state index >= 15 is 0 Å². The lowest BCUT2D eigenvalue weighted by molar-refractivity contribution is -0.563. The first-order chi connectivity index (χ1) is 7.96. The highest BCUT2D eigenvalue weighted by Gasteiger charge is 3.01. The quantitative estimate of drug-likeness (QED) is 0.481. The summed E-state index contributed by atoms with van der Waals surface area (Å²) in [7, 11) is 0. The molecule has 0 aromatic heterocycles. The average Bonchev–Trinajstić information content (AvgIpc) is 2.06. The molecule has 1 rings (SSSR count). The summed E-state index contributed by atoms with van der Waals surface area (Å²) in [6.45, 7) is 0. The largest absolute Gasteiger partial charge is 0.453 e. The van der Waals surface area contributed by atoms with Gasteiger partial charge in [-0.05, 0) is 0 Å². The van der Waals surface area contributed by atoms with Crippen LogP contribution in [0.1, 0.15) is 0 Å². The zero-order valence-electron chi connectivity index (χ0n) is 7.94. The Kier molecular flexibility index (Phi) is 3.10. The maximum absolute atomic E-state index is 13.2. The molecule has 1 aliphatic heterocycles. The number of ether oxygens (including phenoxy) is 1. The lowest BCUT2D eigenvalue weighted by atomic mass is 9.82. The molecule has 0 radical (unpaired) electrons. The van der Waals surface area contributed by atoms with E-state index < -0.39 is 35.1 Å². The molecule has 0 amide bonds. The number of hydrogen-bond donors (Lipinski definition) is 0. The zero-order valence-corrected chi connectivity index (χ0v) is 8.70. The van der Waals surface area contributed by atoms with Gasteiger partial charge in [-0.25, -0.2) is 4.39 Å². The fraction of sp³-hybridized carbons (Fsp3) is 1.00. The van der Waals surface area contributed by atoms with Crippen molar-refractivity contribution in [2.24, 2.45) is 0 Å². The van der Waals surface area contributed by atoms with E-state index in [0.29, 0.717) is 0 Å². The molecule has 0 N–H and O–H groups in total. The van der Waals surface area contributed by atoms with E-state index in [1.54, 1.807) is 0 Å². The van der Waals surface area contributed by atoms with Gasteiger partial charge in [-0.3, -0.25) is 0 Å². The van der Waals surface area contributed by atoms with Crippen LogP contribution in [0, 0.1) is 0 Å². The second-order valence-corrected chi connectivity index (χ2v) is 3.97. The van der Waals surface area contributed by atoms with Gasteiger partial charge in [0.1, 0.15) is 0 Å². The molecule has 1 heterocycles. The molecule has 0 bridgehead atoms. The van der Waals surface area contributed by atoms with Gasteiger partial charge in [-0.2, -0.15) is 43.9 Å². The fourth-order valence-electron chi connectivity index (χ4n) is 1.39. The average molecular weight is 332 g/mol. The van der Waals surface area contributed by atoms with Crippen molar-refractivity contribution in [2.45, 2.75) is 35.1 Å². The lowest BCUT2D eigenvalue weighted by Crippen LogP contribution is -2.88. The minimum Gasteiger partial charge on any atom is -0.306 e. The molecule has 1 aliphatic rings. The summed E-state index contributed by atoms with van der Waals surface area (Å²) >= 11 is 3.96. The van der Waals surface area contributed by atoms with Crippen LogP contribution in [-0.2, 0) is 4.74 Å². The maximum atomic E-state index is 13.2. The summed E-state index contributed by atoms with van der Waals surface area (Å²) < 4.78 is 137. The van der Waals surface area contributed by atoms with Crippen LogP contribution in [-0.4, -0.2) is 35.1 Å². The molecule has 0 aromatic rings. The highest BCUT2D eigenvalue weighted by molar-refractivity contribution is 6.25. The van der Waals surface area contributed by atoms with Crippen LogP contribution in [0.3, 0.4) is 0 Å². The van der Waals surface area contributed by atoms with E-state index in [9.17, 15) is 48.3 Å². The van der Waals surface area contributed by atoms with Crippen LogP contribution in [0.25, 0.3) is 0 Å². The first-order valence-corrected chi connectivity index (χ1v) is 4.30. The third-order valence-corrected chi connectivity index (χ3v) is 2.81. The summed E-state index contributed by atoms with van der Waals surface area (Å²) in [5, 5.41) is -5.95. The van der Waals surface area contributed by atoms with Crippen molar-refractivity contribution < 1.29 is 53.0 Å². The summed E-state index contributed by atoms with van der Waals surface area (Å²) in [6, 6.07) is 0. The monoisotopic (exact) mass is 332 g/mol. The summed E-state index contributed by atoms with van der Waals surface area (Å²) in [4.78, 5) is 0. The Morgan fingerprint density at radius 1 is 0.684 bits per heavy atom. The van der Waals surface area contributed by atoms with Crippen molar-refractivity contribution >= 4 is 11.6 Å². The topological polar surface area (TPSA) is 9.23 Å². The normalized spacial score (nSPS) is 36.0. The zero-order chi connectivity index (χ0) is 15.7. The number of hydrogen-bond acceptors (Lipinski definition) is 1. The number of halogens is 12. The van der Waals surface area contributed by atoms with Crippen LogP contribution in [0.5, 0.6) is 0 Å². The van der Waals surface area contributed by atoms with Crippen LogP contribution < -0.4 is 0 Å². The molecular formula is C6ClF11O. The fourth-order valence-corrected chi connectivity index (χ4v) is 1.79. The maximum Gasteiger partial charge on any atom is 0.453 e. The molecule has 19 heavy (non-hydrogen) atoms. The van der Waals surface area contributed by atoms with Crippen molar-refractivity contribution in [3.63, 3.8) is 0 Å². The van der Waals surface area contributed by atoms with E-state index in [4.69, 9.17) is 0 Å². The highest BCUT2D eigenvalue weighted by Crippen LogP contribution is 2.71. The Bertz CT molecular complexity index is 364. The molecule has 0 saturated carbocycles. The van der Waals surface area contributed by atoms with E-state index in [2.05, 4.69) is 16.3 Å². The Hall–Kier alpha value is -0.520. The van der Waals surface area contributed by atoms with Crippen LogP contribution in [0.4, 0.5) is 48.3 Å². The lowest BCUT2D eigenvalue weighted by Gasteiger charge is -2.58. The van der Waals surface area contributed by atoms with Crippen molar-refractivity contribution in [1.29, 1.82) is 0 Å². The van der Waals surface area contributed by atoms with Gasteiger partial charge in [0, 0.05) is 0 Å². The number of alkyl halides is 12. The second-order valence-electron chi connectivity index (χ2n) is 3.45. The Labute approximate surface area is 101 Å². The van der Waals surface area contributed by atoms with Gasteiger partial charge in [0.25, 0.3) is 5.13 Å². The minimum atomic E-state index is -6.76. The molecule has 13 heteroatoms. The van der Waals surface area contributed by atoms with Gasteiger partial charge in [0.05, 0.1) is 0 Å². The Morgan fingerprint density at radius 3 is 1.16 bits per heavy atom. The van der Waals surface area contributed by atoms with Gasteiger partial charge >= 0.3 is 30.0 Å². The van der Waals surface area contributed by atoms with Crippen molar-refractivity contribution in [3.8, 4) is 0 Å². The van der Waals surface area contributed by atoms with Gasteiger partial charge in [-0.1, -0.05) is 11.6 Å². The van der Waals surface area contributed by atoms with Gasteiger partial charge in [0.15, 0.2) is 0 Å². The molecule has 1 nitrogen and oxygen atoms in total. The third-order valence-electron chi connectivity index (χ3n) is 2.30. The predicted molar refractivity (Wildman–Crippen MR) is 35.5 cm³/mol. The second kappa shape index (κ2) is 3.57. The molecule has 0 aliphatic carbocycles. The third kappa shape index (κ3) is 1.64. The van der Waals surface area contributed by atoms with Crippen LogP contribution >= 0.6 is 11.6 Å². The summed E-state index contributed by atoms with van der Waals surface area (Å²) in [5.41, 5.74) is -6.11. The molecule has 2 atom stereocenters. The number of rotatable bonds is 0. The summed E-state index contributed by atoms with van der Waals surface area (Å²) in [6.07, 6.45) is -20.1. The molecule has 0 aromatic carbocycles. The van der Waals surface area contributed by atoms with E-state index in [0.717, 1.165) is 0 Å². The first kappa shape index (κ1) is 16.5. The molecule has 0 unspecified atom stereocenters. The standard InChI is InChI=1S/C6ClF11O/c7-2(8)1(4(10,11)12,5(13,14)15)19-3(2,9)6(16,17)18/t2-,3+/m0/s1. The molecule has 114 valence electrons. The molecule has 0 spiro atoms. The van der Waals surface area contributed by atoms with Crippen molar-refractivity contribution in [1.82, 2.24) is 0 Å². The molecule has 1 fully saturated rings. The van der Waals surface area contributed by atoms with E-state index in [1.165, 1.54) is 0 Å². The van der Waals surface area contributed by atoms with Crippen LogP contribution in [0.15, 0.2) is 0 Å². The van der Waals surface area contributed by atoms with Crippen molar-refractivity contribution in [2.75, 3.05) is 0 Å². The summed E-state index contributed by atoms with van der Waals surface area (Å²) in [5.74, 6) is -5.94. The molecule has 1 saturated heterocycles. The van der Waals surface area contributed by atoms with Crippen LogP contribution in [0.2, 0.25) is 0 Å². The Morgan fingerprint density at radius 2 is 1.00 bits per heavy atom. The van der Waals surface area contributed by atoms with Gasteiger partial charge in [0.2, 0.25) is 0 Å². The molecular weight excluding hydrogens is 332 g/mol. The highest BCUT2D eigenvalue weighted by atomic mass is 35.5. The first-order valence-electron chi connectivity index (χ1n) is 3.93. The smallest absolute Gasteiger partial charge is 0.306 e. The minimum absolute atomic E-state index is 2.27. The predicted octanol–water partition coefficient (Wildman–Crippen LogP) is 4.01. The Balaban J connectivity index is 3.47. The SMILES string of the molecule is FC(F)(F)C1(C(F)(F)F)O[C@@](F)(C(F)(F)F)[C@]1(F)Cl. The van der Waals surface area contributed by atoms with E-state index in [-0.39, 0.29) is 0 Å². The van der Waals surface area contributed by atoms with Gasteiger partial charge < -0.3 is 4.74 Å². The van der Waals surface area contributed by atoms with Crippen molar-refractivity contribution in [3.05, 3.63) is 0 Å². The van der Waals surface area contributed by atoms with E-state index in [1.807, 2.05) is 0 Å².